The number of hydrogen-bond acceptors (Lipinski definition) is 6. The summed E-state index contributed by atoms with van der Waals surface area (Å²) < 4.78 is 30.6. The van der Waals surface area contributed by atoms with Crippen LogP contribution in [0, 0.1) is 0 Å². The minimum atomic E-state index is -3.54. The number of nitrogens with zero attached hydrogens (tertiary/aromatic N) is 2. The first-order valence-electron chi connectivity index (χ1n) is 8.54. The van der Waals surface area contributed by atoms with Gasteiger partial charge in [0, 0.05) is 17.1 Å². The van der Waals surface area contributed by atoms with Gasteiger partial charge in [-0.2, -0.15) is 0 Å². The number of benzene rings is 3. The fraction of sp³-hybridized carbons (Fsp3) is 0.0476. The summed E-state index contributed by atoms with van der Waals surface area (Å²) in [4.78, 5) is 9.06. The quantitative estimate of drug-likeness (QED) is 0.549. The second kappa shape index (κ2) is 7.28. The van der Waals surface area contributed by atoms with Crippen LogP contribution in [0.4, 0.5) is 11.5 Å². The lowest BCUT2D eigenvalue weighted by atomic mass is 10.2. The molecule has 0 spiro atoms. The van der Waals surface area contributed by atoms with E-state index in [1.54, 1.807) is 61.7 Å². The minimum Gasteiger partial charge on any atom is -0.497 e. The van der Waals surface area contributed by atoms with Crippen LogP contribution >= 0.6 is 0 Å². The Morgan fingerprint density at radius 3 is 2.29 bits per heavy atom. The van der Waals surface area contributed by atoms with Gasteiger partial charge in [0.05, 0.1) is 22.4 Å². The van der Waals surface area contributed by atoms with Crippen molar-refractivity contribution in [2.45, 2.75) is 9.79 Å². The molecule has 1 heterocycles. The van der Waals surface area contributed by atoms with Gasteiger partial charge in [0.25, 0.3) is 0 Å². The number of rotatable bonds is 5. The Bertz CT molecular complexity index is 1220. The van der Waals surface area contributed by atoms with Crippen molar-refractivity contribution in [2.24, 2.45) is 0 Å². The van der Waals surface area contributed by atoms with Crippen LogP contribution in [-0.2, 0) is 9.84 Å². The van der Waals surface area contributed by atoms with E-state index in [9.17, 15) is 8.42 Å². The van der Waals surface area contributed by atoms with Crippen LogP contribution in [0.1, 0.15) is 0 Å². The predicted octanol–water partition coefficient (Wildman–Crippen LogP) is 4.21. The minimum absolute atomic E-state index is 0.238. The topological polar surface area (TPSA) is 81.2 Å². The molecule has 4 rings (SSSR count). The average Bonchev–Trinajstić information content (AvgIpc) is 2.74. The number of hydrogen-bond donors (Lipinski definition) is 1. The predicted molar refractivity (Wildman–Crippen MR) is 108 cm³/mol. The monoisotopic (exact) mass is 391 g/mol. The summed E-state index contributed by atoms with van der Waals surface area (Å²) in [5.41, 5.74) is 1.47. The van der Waals surface area contributed by atoms with Crippen LogP contribution in [0.3, 0.4) is 0 Å². The Labute approximate surface area is 162 Å². The standard InChI is InChI=1S/C21H17N3O3S/c1-27-16-9-12-19-20(13-16)22-14-23-21(19)24-15-7-10-18(11-8-15)28(25,26)17-5-3-2-4-6-17/h2-14H,1H3,(H,22,23,24). The normalized spacial score (nSPS) is 11.3. The lowest BCUT2D eigenvalue weighted by Gasteiger charge is -2.10. The molecule has 0 atom stereocenters. The molecule has 7 heteroatoms. The third kappa shape index (κ3) is 3.39. The fourth-order valence-electron chi connectivity index (χ4n) is 2.85. The highest BCUT2D eigenvalue weighted by Crippen LogP contribution is 2.27. The molecule has 0 aliphatic heterocycles. The zero-order valence-corrected chi connectivity index (χ0v) is 15.8. The molecule has 0 amide bonds. The first kappa shape index (κ1) is 17.9. The van der Waals surface area contributed by atoms with E-state index in [4.69, 9.17) is 4.74 Å². The molecule has 0 bridgehead atoms. The van der Waals surface area contributed by atoms with Crippen LogP contribution < -0.4 is 10.1 Å². The van der Waals surface area contributed by atoms with Gasteiger partial charge in [0.15, 0.2) is 0 Å². The second-order valence-electron chi connectivity index (χ2n) is 6.07. The molecule has 0 unspecified atom stereocenters. The van der Waals surface area contributed by atoms with Gasteiger partial charge in [-0.05, 0) is 48.5 Å². The highest BCUT2D eigenvalue weighted by Gasteiger charge is 2.17. The Balaban J connectivity index is 1.63. The van der Waals surface area contributed by atoms with E-state index >= 15 is 0 Å². The third-order valence-electron chi connectivity index (χ3n) is 4.32. The molecule has 1 aromatic heterocycles. The lowest BCUT2D eigenvalue weighted by molar-refractivity contribution is 0.415. The van der Waals surface area contributed by atoms with Crippen LogP contribution in [0.25, 0.3) is 10.9 Å². The van der Waals surface area contributed by atoms with Gasteiger partial charge in [0.2, 0.25) is 9.84 Å². The van der Waals surface area contributed by atoms with Crippen molar-refractivity contribution in [3.63, 3.8) is 0 Å². The van der Waals surface area contributed by atoms with Crippen molar-refractivity contribution in [1.29, 1.82) is 0 Å². The van der Waals surface area contributed by atoms with Crippen LogP contribution in [0.2, 0.25) is 0 Å². The van der Waals surface area contributed by atoms with Crippen LogP contribution in [0.15, 0.2) is 88.9 Å². The molecule has 1 N–H and O–H groups in total. The molecule has 0 saturated heterocycles. The summed E-state index contributed by atoms with van der Waals surface area (Å²) in [7, 11) is -1.93. The van der Waals surface area contributed by atoms with Crippen molar-refractivity contribution in [3.8, 4) is 5.75 Å². The van der Waals surface area contributed by atoms with E-state index in [1.165, 1.54) is 6.33 Å². The maximum atomic E-state index is 12.7. The zero-order valence-electron chi connectivity index (χ0n) is 15.0. The summed E-state index contributed by atoms with van der Waals surface area (Å²) in [5.74, 6) is 1.35. The second-order valence-corrected chi connectivity index (χ2v) is 8.02. The molecule has 0 fully saturated rings. The van der Waals surface area contributed by atoms with E-state index in [1.807, 2.05) is 18.2 Å². The Kier molecular flexibility index (Phi) is 4.67. The Morgan fingerprint density at radius 1 is 0.857 bits per heavy atom. The summed E-state index contributed by atoms with van der Waals surface area (Å²) in [6, 6.07) is 20.5. The summed E-state index contributed by atoms with van der Waals surface area (Å²) in [6.45, 7) is 0. The van der Waals surface area contributed by atoms with E-state index in [-0.39, 0.29) is 9.79 Å². The SMILES string of the molecule is COc1ccc2c(Nc3ccc(S(=O)(=O)c4ccccc4)cc3)ncnc2c1. The van der Waals surface area contributed by atoms with E-state index in [2.05, 4.69) is 15.3 Å². The molecule has 0 aliphatic carbocycles. The third-order valence-corrected chi connectivity index (χ3v) is 6.11. The molecule has 6 nitrogen and oxygen atoms in total. The van der Waals surface area contributed by atoms with Gasteiger partial charge >= 0.3 is 0 Å². The van der Waals surface area contributed by atoms with Crippen molar-refractivity contribution in [3.05, 3.63) is 79.1 Å². The summed E-state index contributed by atoms with van der Waals surface area (Å²) >= 11 is 0. The van der Waals surface area contributed by atoms with E-state index in [0.29, 0.717) is 11.6 Å². The lowest BCUT2D eigenvalue weighted by Crippen LogP contribution is -2.02. The molecule has 0 saturated carbocycles. The fourth-order valence-corrected chi connectivity index (χ4v) is 4.14. The molecule has 0 radical (unpaired) electrons. The molecule has 140 valence electrons. The summed E-state index contributed by atoms with van der Waals surface area (Å²) in [5, 5.41) is 4.05. The van der Waals surface area contributed by atoms with Crippen LogP contribution in [-0.4, -0.2) is 25.5 Å². The number of ether oxygens (including phenoxy) is 1. The van der Waals surface area contributed by atoms with E-state index in [0.717, 1.165) is 16.6 Å². The van der Waals surface area contributed by atoms with Gasteiger partial charge in [-0.25, -0.2) is 18.4 Å². The largest absolute Gasteiger partial charge is 0.497 e. The number of methoxy groups -OCH3 is 1. The number of sulfone groups is 1. The highest BCUT2D eigenvalue weighted by molar-refractivity contribution is 7.91. The Hall–Kier alpha value is -3.45. The average molecular weight is 391 g/mol. The molecule has 0 aliphatic rings. The molecule has 4 aromatic rings. The summed E-state index contributed by atoms with van der Waals surface area (Å²) in [6.07, 6.45) is 1.47. The number of anilines is 2. The van der Waals surface area contributed by atoms with Crippen molar-refractivity contribution in [1.82, 2.24) is 9.97 Å². The molecule has 3 aromatic carbocycles. The Morgan fingerprint density at radius 2 is 1.57 bits per heavy atom. The van der Waals surface area contributed by atoms with Gasteiger partial charge in [0.1, 0.15) is 17.9 Å². The first-order valence-corrected chi connectivity index (χ1v) is 10.0. The van der Waals surface area contributed by atoms with Gasteiger partial charge in [-0.3, -0.25) is 0 Å². The smallest absolute Gasteiger partial charge is 0.206 e. The molecule has 28 heavy (non-hydrogen) atoms. The zero-order chi connectivity index (χ0) is 19.6. The number of nitrogens with one attached hydrogen (secondary N) is 1. The van der Waals surface area contributed by atoms with Crippen molar-refractivity contribution >= 4 is 32.2 Å². The van der Waals surface area contributed by atoms with Crippen LogP contribution in [0.5, 0.6) is 5.75 Å². The number of aromatic nitrogens is 2. The first-order chi connectivity index (χ1) is 13.6. The van der Waals surface area contributed by atoms with E-state index < -0.39 is 9.84 Å². The van der Waals surface area contributed by atoms with Gasteiger partial charge in [-0.15, -0.1) is 0 Å². The van der Waals surface area contributed by atoms with Crippen molar-refractivity contribution in [2.75, 3.05) is 12.4 Å². The van der Waals surface area contributed by atoms with Crippen molar-refractivity contribution < 1.29 is 13.2 Å². The number of fused-ring (bicyclic) bond motifs is 1. The molecular weight excluding hydrogens is 374 g/mol. The van der Waals surface area contributed by atoms with Gasteiger partial charge in [-0.1, -0.05) is 18.2 Å². The maximum Gasteiger partial charge on any atom is 0.206 e. The maximum absolute atomic E-state index is 12.7. The highest BCUT2D eigenvalue weighted by atomic mass is 32.2. The van der Waals surface area contributed by atoms with Gasteiger partial charge < -0.3 is 10.1 Å². The molecular formula is C21H17N3O3S.